The molecule has 1 heterocycles. The highest BCUT2D eigenvalue weighted by Crippen LogP contribution is 2.32. The molecule has 1 saturated heterocycles. The normalized spacial score (nSPS) is 17.3. The van der Waals surface area contributed by atoms with Gasteiger partial charge in [0.05, 0.1) is 18.8 Å². The first-order valence-electron chi connectivity index (χ1n) is 12.1. The predicted molar refractivity (Wildman–Crippen MR) is 133 cm³/mol. The van der Waals surface area contributed by atoms with E-state index in [-0.39, 0.29) is 18.0 Å². The van der Waals surface area contributed by atoms with Crippen LogP contribution < -0.4 is 10.6 Å². The van der Waals surface area contributed by atoms with Crippen molar-refractivity contribution in [3.8, 4) is 11.1 Å². The molecule has 3 aromatic carbocycles. The summed E-state index contributed by atoms with van der Waals surface area (Å²) in [4.78, 5) is 27.4. The standard InChI is InChI=1S/C28H26F3N3O3/c29-28(30,31)21-8-5-18(6-9-21)24-3-1-2-4-25(24)26(35)32-22-10-7-19-15-23(17-20(19)16-22)33-27(36)34-11-13-37-14-12-34/h1-10,16,23H,11-15,17H2,(H,32,35)(H,33,36). The van der Waals surface area contributed by atoms with Gasteiger partial charge in [-0.2, -0.15) is 13.2 Å². The van der Waals surface area contributed by atoms with Crippen LogP contribution in [0.2, 0.25) is 0 Å². The molecular formula is C28H26F3N3O3. The van der Waals surface area contributed by atoms with E-state index < -0.39 is 11.7 Å². The lowest BCUT2D eigenvalue weighted by molar-refractivity contribution is -0.137. The van der Waals surface area contributed by atoms with Gasteiger partial charge in [-0.3, -0.25) is 4.79 Å². The first-order valence-corrected chi connectivity index (χ1v) is 12.1. The topological polar surface area (TPSA) is 70.7 Å². The van der Waals surface area contributed by atoms with E-state index in [1.54, 1.807) is 29.2 Å². The van der Waals surface area contributed by atoms with Crippen LogP contribution in [-0.4, -0.2) is 49.2 Å². The molecule has 0 saturated carbocycles. The third-order valence-corrected chi connectivity index (χ3v) is 6.72. The first-order chi connectivity index (χ1) is 17.8. The van der Waals surface area contributed by atoms with E-state index in [0.29, 0.717) is 55.1 Å². The van der Waals surface area contributed by atoms with E-state index in [4.69, 9.17) is 4.74 Å². The van der Waals surface area contributed by atoms with E-state index in [9.17, 15) is 22.8 Å². The van der Waals surface area contributed by atoms with Gasteiger partial charge in [0.15, 0.2) is 0 Å². The van der Waals surface area contributed by atoms with E-state index in [2.05, 4.69) is 10.6 Å². The number of morpholine rings is 1. The summed E-state index contributed by atoms with van der Waals surface area (Å²) in [5.41, 5.74) is 3.48. The number of alkyl halides is 3. The second-order valence-electron chi connectivity index (χ2n) is 9.21. The molecule has 1 atom stereocenters. The number of hydrogen-bond donors (Lipinski definition) is 2. The maximum Gasteiger partial charge on any atom is 0.416 e. The number of ether oxygens (including phenoxy) is 1. The Hall–Kier alpha value is -3.85. The van der Waals surface area contributed by atoms with Crippen molar-refractivity contribution in [1.82, 2.24) is 10.2 Å². The summed E-state index contributed by atoms with van der Waals surface area (Å²) in [6.07, 6.45) is -3.04. The molecule has 1 fully saturated rings. The van der Waals surface area contributed by atoms with Gasteiger partial charge in [-0.25, -0.2) is 4.79 Å². The highest BCUT2D eigenvalue weighted by Gasteiger charge is 2.30. The average molecular weight is 510 g/mol. The number of amides is 3. The van der Waals surface area contributed by atoms with Crippen LogP contribution in [-0.2, 0) is 23.8 Å². The van der Waals surface area contributed by atoms with Gasteiger partial charge in [0, 0.05) is 30.4 Å². The van der Waals surface area contributed by atoms with Crippen LogP contribution in [0.1, 0.15) is 27.0 Å². The number of carbonyl (C=O) groups is 2. The van der Waals surface area contributed by atoms with Crippen LogP contribution in [0.25, 0.3) is 11.1 Å². The zero-order chi connectivity index (χ0) is 26.0. The van der Waals surface area contributed by atoms with Gasteiger partial charge in [0.2, 0.25) is 0 Å². The summed E-state index contributed by atoms with van der Waals surface area (Å²) in [5, 5.41) is 6.01. The van der Waals surface area contributed by atoms with Crippen molar-refractivity contribution in [3.05, 3.63) is 89.0 Å². The fourth-order valence-corrected chi connectivity index (χ4v) is 4.80. The Kier molecular flexibility index (Phi) is 6.88. The van der Waals surface area contributed by atoms with Crippen LogP contribution in [0.5, 0.6) is 0 Å². The number of halogens is 3. The molecule has 5 rings (SSSR count). The van der Waals surface area contributed by atoms with E-state index in [1.165, 1.54) is 12.1 Å². The zero-order valence-corrected chi connectivity index (χ0v) is 20.0. The van der Waals surface area contributed by atoms with Crippen molar-refractivity contribution in [3.63, 3.8) is 0 Å². The Labute approximate surface area is 212 Å². The van der Waals surface area contributed by atoms with Crippen molar-refractivity contribution in [2.24, 2.45) is 0 Å². The SMILES string of the molecule is O=C(Nc1ccc2c(c1)CC(NC(=O)N1CCOCC1)C2)c1ccccc1-c1ccc(C(F)(F)F)cc1. The molecule has 1 aliphatic carbocycles. The maximum absolute atomic E-state index is 13.2. The number of anilines is 1. The first kappa shape index (κ1) is 24.8. The van der Waals surface area contributed by atoms with E-state index in [1.807, 2.05) is 18.2 Å². The molecule has 2 aliphatic rings. The maximum atomic E-state index is 13.2. The lowest BCUT2D eigenvalue weighted by atomic mass is 9.98. The lowest BCUT2D eigenvalue weighted by Gasteiger charge is -2.28. The van der Waals surface area contributed by atoms with Gasteiger partial charge in [-0.15, -0.1) is 0 Å². The summed E-state index contributed by atoms with van der Waals surface area (Å²) in [6.45, 7) is 2.25. The number of urea groups is 1. The van der Waals surface area contributed by atoms with Crippen molar-refractivity contribution >= 4 is 17.6 Å². The minimum Gasteiger partial charge on any atom is -0.378 e. The Morgan fingerprint density at radius 3 is 2.32 bits per heavy atom. The van der Waals surface area contributed by atoms with Gasteiger partial charge in [0.25, 0.3) is 5.91 Å². The molecule has 6 nitrogen and oxygen atoms in total. The highest BCUT2D eigenvalue weighted by molar-refractivity contribution is 6.08. The third kappa shape index (κ3) is 5.61. The molecule has 0 radical (unpaired) electrons. The van der Waals surface area contributed by atoms with E-state index >= 15 is 0 Å². The number of fused-ring (bicyclic) bond motifs is 1. The van der Waals surface area contributed by atoms with Crippen molar-refractivity contribution in [1.29, 1.82) is 0 Å². The molecule has 0 spiro atoms. The summed E-state index contributed by atoms with van der Waals surface area (Å²) in [6, 6.07) is 17.2. The molecule has 3 amide bonds. The molecule has 192 valence electrons. The minimum absolute atomic E-state index is 0.0170. The fraction of sp³-hybridized carbons (Fsp3) is 0.286. The summed E-state index contributed by atoms with van der Waals surface area (Å²) < 4.78 is 44.1. The lowest BCUT2D eigenvalue weighted by Crippen LogP contribution is -2.49. The van der Waals surface area contributed by atoms with Gasteiger partial charge in [-0.1, -0.05) is 36.4 Å². The van der Waals surface area contributed by atoms with Crippen LogP contribution in [0.15, 0.2) is 66.7 Å². The van der Waals surface area contributed by atoms with Crippen LogP contribution >= 0.6 is 0 Å². The fourth-order valence-electron chi connectivity index (χ4n) is 4.80. The molecular weight excluding hydrogens is 483 g/mol. The van der Waals surface area contributed by atoms with E-state index in [0.717, 1.165) is 29.7 Å². The Balaban J connectivity index is 1.27. The molecule has 37 heavy (non-hydrogen) atoms. The van der Waals surface area contributed by atoms with Gasteiger partial charge >= 0.3 is 12.2 Å². The third-order valence-electron chi connectivity index (χ3n) is 6.72. The summed E-state index contributed by atoms with van der Waals surface area (Å²) >= 11 is 0. The van der Waals surface area contributed by atoms with Crippen LogP contribution in [0.3, 0.4) is 0 Å². The number of nitrogens with zero attached hydrogens (tertiary/aromatic N) is 1. The molecule has 0 bridgehead atoms. The van der Waals surface area contributed by atoms with Crippen molar-refractivity contribution < 1.29 is 27.5 Å². The Morgan fingerprint density at radius 1 is 0.892 bits per heavy atom. The molecule has 3 aromatic rings. The molecule has 9 heteroatoms. The Morgan fingerprint density at radius 2 is 1.59 bits per heavy atom. The van der Waals surface area contributed by atoms with Crippen molar-refractivity contribution in [2.45, 2.75) is 25.1 Å². The summed E-state index contributed by atoms with van der Waals surface area (Å²) in [7, 11) is 0. The number of rotatable bonds is 4. The summed E-state index contributed by atoms with van der Waals surface area (Å²) in [5.74, 6) is -0.356. The molecule has 1 aliphatic heterocycles. The number of carbonyl (C=O) groups excluding carboxylic acids is 2. The molecule has 2 N–H and O–H groups in total. The molecule has 0 aromatic heterocycles. The van der Waals surface area contributed by atoms with Gasteiger partial charge in [0.1, 0.15) is 0 Å². The zero-order valence-electron chi connectivity index (χ0n) is 20.0. The monoisotopic (exact) mass is 509 g/mol. The number of benzene rings is 3. The highest BCUT2D eigenvalue weighted by atomic mass is 19.4. The van der Waals surface area contributed by atoms with Crippen LogP contribution in [0.4, 0.5) is 23.7 Å². The predicted octanol–water partition coefficient (Wildman–Crippen LogP) is 5.13. The van der Waals surface area contributed by atoms with Crippen LogP contribution in [0, 0.1) is 0 Å². The minimum atomic E-state index is -4.42. The molecule has 1 unspecified atom stereocenters. The van der Waals surface area contributed by atoms with Gasteiger partial charge in [-0.05, 0) is 65.4 Å². The second kappa shape index (κ2) is 10.3. The largest absolute Gasteiger partial charge is 0.416 e. The number of nitrogens with one attached hydrogen (secondary N) is 2. The Bertz CT molecular complexity index is 1300. The smallest absolute Gasteiger partial charge is 0.378 e. The van der Waals surface area contributed by atoms with Gasteiger partial charge < -0.3 is 20.3 Å². The second-order valence-corrected chi connectivity index (χ2v) is 9.21. The number of hydrogen-bond acceptors (Lipinski definition) is 3. The van der Waals surface area contributed by atoms with Crippen molar-refractivity contribution in [2.75, 3.05) is 31.6 Å². The average Bonchev–Trinajstić information content (AvgIpc) is 3.30. The quantitative estimate of drug-likeness (QED) is 0.512.